The van der Waals surface area contributed by atoms with Crippen LogP contribution >= 0.6 is 11.8 Å². The van der Waals surface area contributed by atoms with E-state index in [9.17, 15) is 4.79 Å². The minimum Gasteiger partial charge on any atom is -0.341 e. The molecular weight excluding hydrogens is 266 g/mol. The second-order valence-corrected chi connectivity index (χ2v) is 6.29. The van der Waals surface area contributed by atoms with Crippen molar-refractivity contribution in [1.82, 2.24) is 4.57 Å². The number of hydrogen-bond acceptors (Lipinski definition) is 2. The van der Waals surface area contributed by atoms with Crippen LogP contribution in [0.15, 0.2) is 41.3 Å². The van der Waals surface area contributed by atoms with Crippen molar-refractivity contribution >= 4 is 39.4 Å². The Hall–Kier alpha value is -1.74. The minimum atomic E-state index is 0.286. The molecule has 0 saturated carbocycles. The van der Waals surface area contributed by atoms with Crippen LogP contribution < -0.4 is 0 Å². The molecular formula is C17H15NOS. The first-order valence-corrected chi connectivity index (χ1v) is 7.99. The lowest BCUT2D eigenvalue weighted by Crippen LogP contribution is -2.08. The summed E-state index contributed by atoms with van der Waals surface area (Å²) < 4.78 is 2.30. The highest BCUT2D eigenvalue weighted by Crippen LogP contribution is 2.37. The maximum atomic E-state index is 12.1. The predicted molar refractivity (Wildman–Crippen MR) is 84.8 cm³/mol. The largest absolute Gasteiger partial charge is 0.341 e. The Kier molecular flexibility index (Phi) is 2.64. The average Bonchev–Trinajstić information content (AvgIpc) is 2.79. The van der Waals surface area contributed by atoms with E-state index in [-0.39, 0.29) is 5.78 Å². The van der Waals surface area contributed by atoms with Crippen molar-refractivity contribution in [1.29, 1.82) is 0 Å². The molecule has 3 heteroatoms. The zero-order valence-electron chi connectivity index (χ0n) is 11.3. The van der Waals surface area contributed by atoms with E-state index in [0.717, 1.165) is 22.8 Å². The van der Waals surface area contributed by atoms with Gasteiger partial charge in [0.1, 0.15) is 0 Å². The van der Waals surface area contributed by atoms with Gasteiger partial charge in [-0.15, -0.1) is 11.8 Å². The van der Waals surface area contributed by atoms with Gasteiger partial charge in [-0.05, 0) is 25.1 Å². The second kappa shape index (κ2) is 4.38. The molecule has 0 fully saturated rings. The maximum Gasteiger partial charge on any atom is 0.164 e. The van der Waals surface area contributed by atoms with Crippen LogP contribution in [0.3, 0.4) is 0 Å². The number of carbonyl (C=O) groups excluding carboxylic acids is 1. The molecule has 0 N–H and O–H groups in total. The fourth-order valence-electron chi connectivity index (χ4n) is 3.14. The molecule has 0 spiro atoms. The Morgan fingerprint density at radius 3 is 2.85 bits per heavy atom. The Balaban J connectivity index is 2.17. The van der Waals surface area contributed by atoms with Crippen LogP contribution in [0, 0.1) is 0 Å². The molecule has 20 heavy (non-hydrogen) atoms. The van der Waals surface area contributed by atoms with Gasteiger partial charge in [-0.25, -0.2) is 0 Å². The number of nitrogens with zero attached hydrogens (tertiary/aromatic N) is 1. The standard InChI is InChI=1S/C17H15NOS/c1-2-18-14-6-4-3-5-11(14)12-10-17-13(9-15(12)18)16(19)7-8-20-17/h3-6,9-10H,2,7-8H2,1H3. The molecule has 0 saturated heterocycles. The Labute approximate surface area is 121 Å². The second-order valence-electron chi connectivity index (χ2n) is 5.15. The molecule has 3 aromatic rings. The number of aromatic nitrogens is 1. The molecule has 2 nitrogen and oxygen atoms in total. The number of benzene rings is 2. The summed E-state index contributed by atoms with van der Waals surface area (Å²) in [6, 6.07) is 12.8. The van der Waals surface area contributed by atoms with Gasteiger partial charge < -0.3 is 4.57 Å². The van der Waals surface area contributed by atoms with Gasteiger partial charge in [-0.2, -0.15) is 0 Å². The van der Waals surface area contributed by atoms with Crippen LogP contribution in [0.5, 0.6) is 0 Å². The zero-order valence-corrected chi connectivity index (χ0v) is 12.2. The zero-order chi connectivity index (χ0) is 13.7. The van der Waals surface area contributed by atoms with Crippen molar-refractivity contribution in [3.63, 3.8) is 0 Å². The molecule has 2 aromatic carbocycles. The van der Waals surface area contributed by atoms with Crippen molar-refractivity contribution in [2.24, 2.45) is 0 Å². The summed E-state index contributed by atoms with van der Waals surface area (Å²) in [5, 5.41) is 2.55. The van der Waals surface area contributed by atoms with Crippen molar-refractivity contribution in [2.45, 2.75) is 24.8 Å². The molecule has 1 aliphatic rings. The van der Waals surface area contributed by atoms with Gasteiger partial charge in [-0.3, -0.25) is 4.79 Å². The summed E-state index contributed by atoms with van der Waals surface area (Å²) >= 11 is 1.80. The van der Waals surface area contributed by atoms with Gasteiger partial charge in [0.2, 0.25) is 0 Å². The lowest BCUT2D eigenvalue weighted by molar-refractivity contribution is 0.0985. The molecule has 100 valence electrons. The van der Waals surface area contributed by atoms with Gasteiger partial charge in [0, 0.05) is 51.0 Å². The first-order valence-electron chi connectivity index (χ1n) is 7.00. The lowest BCUT2D eigenvalue weighted by Gasteiger charge is -2.14. The summed E-state index contributed by atoms with van der Waals surface area (Å²) in [4.78, 5) is 13.3. The quantitative estimate of drug-likeness (QED) is 0.655. The molecule has 0 aliphatic carbocycles. The van der Waals surface area contributed by atoms with Crippen LogP contribution in [0.25, 0.3) is 21.8 Å². The molecule has 4 rings (SSSR count). The SMILES string of the molecule is CCn1c2ccccc2c2cc3c(cc21)C(=O)CCS3. The Morgan fingerprint density at radius 1 is 1.15 bits per heavy atom. The summed E-state index contributed by atoms with van der Waals surface area (Å²) in [6.45, 7) is 3.08. The fraction of sp³-hybridized carbons (Fsp3) is 0.235. The molecule has 1 aliphatic heterocycles. The summed E-state index contributed by atoms with van der Waals surface area (Å²) in [5.41, 5.74) is 3.35. The first kappa shape index (κ1) is 12.0. The summed E-state index contributed by atoms with van der Waals surface area (Å²) in [7, 11) is 0. The molecule has 1 aromatic heterocycles. The van der Waals surface area contributed by atoms with Crippen molar-refractivity contribution in [3.05, 3.63) is 42.0 Å². The topological polar surface area (TPSA) is 22.0 Å². The summed E-state index contributed by atoms with van der Waals surface area (Å²) in [5.74, 6) is 1.19. The molecule has 0 atom stereocenters. The summed E-state index contributed by atoms with van der Waals surface area (Å²) in [6.07, 6.45) is 0.662. The van der Waals surface area contributed by atoms with Gasteiger partial charge in [0.05, 0.1) is 0 Å². The van der Waals surface area contributed by atoms with E-state index in [4.69, 9.17) is 0 Å². The number of Topliss-reactive ketones (excluding diaryl/α,β-unsaturated/α-hetero) is 1. The monoisotopic (exact) mass is 281 g/mol. The van der Waals surface area contributed by atoms with Crippen molar-refractivity contribution < 1.29 is 4.79 Å². The molecule has 0 radical (unpaired) electrons. The molecule has 0 amide bonds. The predicted octanol–water partition coefficient (Wildman–Crippen LogP) is 4.49. The van der Waals surface area contributed by atoms with Crippen molar-refractivity contribution in [3.8, 4) is 0 Å². The highest BCUT2D eigenvalue weighted by Gasteiger charge is 2.20. The smallest absolute Gasteiger partial charge is 0.164 e. The number of rotatable bonds is 1. The Morgan fingerprint density at radius 2 is 2.00 bits per heavy atom. The van der Waals surface area contributed by atoms with Gasteiger partial charge in [-0.1, -0.05) is 18.2 Å². The molecule has 0 unspecified atom stereocenters. The van der Waals surface area contributed by atoms with E-state index in [2.05, 4.69) is 47.9 Å². The molecule has 0 bridgehead atoms. The third-order valence-electron chi connectivity index (χ3n) is 4.08. The van der Waals surface area contributed by atoms with E-state index in [1.165, 1.54) is 21.8 Å². The van der Waals surface area contributed by atoms with Crippen molar-refractivity contribution in [2.75, 3.05) is 5.75 Å². The maximum absolute atomic E-state index is 12.1. The average molecular weight is 281 g/mol. The third-order valence-corrected chi connectivity index (χ3v) is 5.13. The van der Waals surface area contributed by atoms with Gasteiger partial charge in [0.25, 0.3) is 0 Å². The Bertz CT molecular complexity index is 847. The number of thioether (sulfide) groups is 1. The van der Waals surface area contributed by atoms with E-state index >= 15 is 0 Å². The minimum absolute atomic E-state index is 0.286. The van der Waals surface area contributed by atoms with Crippen LogP contribution in [0.1, 0.15) is 23.7 Å². The first-order chi connectivity index (χ1) is 9.79. The van der Waals surface area contributed by atoms with E-state index in [0.29, 0.717) is 6.42 Å². The number of carbonyl (C=O) groups is 1. The number of ketones is 1. The van der Waals surface area contributed by atoms with E-state index in [1.807, 2.05) is 0 Å². The highest BCUT2D eigenvalue weighted by atomic mass is 32.2. The lowest BCUT2D eigenvalue weighted by atomic mass is 10.1. The van der Waals surface area contributed by atoms with Crippen LogP contribution in [0.4, 0.5) is 0 Å². The van der Waals surface area contributed by atoms with Gasteiger partial charge >= 0.3 is 0 Å². The number of hydrogen-bond donors (Lipinski definition) is 0. The van der Waals surface area contributed by atoms with E-state index in [1.54, 1.807) is 11.8 Å². The molecule has 2 heterocycles. The number of aryl methyl sites for hydroxylation is 1. The fourth-order valence-corrected chi connectivity index (χ4v) is 4.18. The number of fused-ring (bicyclic) bond motifs is 4. The highest BCUT2D eigenvalue weighted by molar-refractivity contribution is 7.99. The number of para-hydroxylation sites is 1. The van der Waals surface area contributed by atoms with Gasteiger partial charge in [0.15, 0.2) is 5.78 Å². The third kappa shape index (κ3) is 1.56. The van der Waals surface area contributed by atoms with Crippen LogP contribution in [-0.4, -0.2) is 16.1 Å². The normalized spacial score (nSPS) is 14.9. The van der Waals surface area contributed by atoms with E-state index < -0.39 is 0 Å². The van der Waals surface area contributed by atoms with Crippen LogP contribution in [0.2, 0.25) is 0 Å². The van der Waals surface area contributed by atoms with Crippen LogP contribution in [-0.2, 0) is 6.54 Å².